The van der Waals surface area contributed by atoms with Crippen molar-refractivity contribution in [3.63, 3.8) is 0 Å². The third kappa shape index (κ3) is 4.55. The van der Waals surface area contributed by atoms with E-state index in [2.05, 4.69) is 25.2 Å². The largest absolute Gasteiger partial charge is 0.261 e. The summed E-state index contributed by atoms with van der Waals surface area (Å²) < 4.78 is 0. The number of rotatable bonds is 8. The molecule has 0 aromatic carbocycles. The van der Waals surface area contributed by atoms with Crippen LogP contribution in [0.1, 0.15) is 65.2 Å². The molecule has 1 aliphatic heterocycles. The lowest BCUT2D eigenvalue weighted by molar-refractivity contribution is 0.680. The van der Waals surface area contributed by atoms with E-state index >= 15 is 0 Å². The van der Waals surface area contributed by atoms with Gasteiger partial charge in [-0.3, -0.25) is 5.32 Å². The molecule has 0 saturated carbocycles. The van der Waals surface area contributed by atoms with Gasteiger partial charge in [0, 0.05) is 11.9 Å². The van der Waals surface area contributed by atoms with Crippen LogP contribution in [0, 0.1) is 0 Å². The number of nitrogens with zero attached hydrogens (tertiary/aromatic N) is 1. The van der Waals surface area contributed by atoms with Crippen LogP contribution < -0.4 is 5.32 Å². The SMILES string of the molecule is CCCCCC1=C(CCCCC)[N]C=C1. The third-order valence-electron chi connectivity index (χ3n) is 2.94. The summed E-state index contributed by atoms with van der Waals surface area (Å²) in [5.41, 5.74) is 2.86. The third-order valence-corrected chi connectivity index (χ3v) is 2.94. The Morgan fingerprint density at radius 1 is 0.933 bits per heavy atom. The maximum absolute atomic E-state index is 4.47. The highest BCUT2D eigenvalue weighted by Gasteiger charge is 2.09. The first-order chi connectivity index (χ1) is 7.38. The lowest BCUT2D eigenvalue weighted by atomic mass is 10.0. The van der Waals surface area contributed by atoms with Crippen molar-refractivity contribution >= 4 is 0 Å². The average Bonchev–Trinajstić information content (AvgIpc) is 2.67. The highest BCUT2D eigenvalue weighted by Crippen LogP contribution is 2.22. The maximum Gasteiger partial charge on any atom is 0.0436 e. The van der Waals surface area contributed by atoms with Gasteiger partial charge in [0.1, 0.15) is 0 Å². The molecule has 0 N–H and O–H groups in total. The van der Waals surface area contributed by atoms with Crippen LogP contribution in [0.2, 0.25) is 0 Å². The molecule has 0 amide bonds. The van der Waals surface area contributed by atoms with Gasteiger partial charge in [-0.25, -0.2) is 0 Å². The summed E-state index contributed by atoms with van der Waals surface area (Å²) in [6.45, 7) is 4.51. The molecule has 1 nitrogen and oxygen atoms in total. The molecule has 85 valence electrons. The molecule has 1 radical (unpaired) electrons. The van der Waals surface area contributed by atoms with Crippen LogP contribution in [0.3, 0.4) is 0 Å². The molecule has 0 spiro atoms. The fourth-order valence-corrected chi connectivity index (χ4v) is 1.96. The monoisotopic (exact) mass is 206 g/mol. The minimum absolute atomic E-state index is 1.18. The van der Waals surface area contributed by atoms with Crippen LogP contribution in [0.4, 0.5) is 0 Å². The Hall–Kier alpha value is -0.720. The first-order valence-electron chi connectivity index (χ1n) is 6.48. The second-order valence-corrected chi connectivity index (χ2v) is 4.33. The molecule has 15 heavy (non-hydrogen) atoms. The van der Waals surface area contributed by atoms with Crippen LogP contribution in [-0.4, -0.2) is 0 Å². The molecule has 0 aromatic rings. The van der Waals surface area contributed by atoms with E-state index in [0.717, 1.165) is 0 Å². The zero-order valence-electron chi connectivity index (χ0n) is 10.3. The molecular weight excluding hydrogens is 182 g/mol. The predicted octanol–water partition coefficient (Wildman–Crippen LogP) is 4.53. The average molecular weight is 206 g/mol. The normalized spacial score (nSPS) is 14.8. The summed E-state index contributed by atoms with van der Waals surface area (Å²) >= 11 is 0. The maximum atomic E-state index is 4.47. The first kappa shape index (κ1) is 12.4. The topological polar surface area (TPSA) is 14.1 Å². The molecule has 0 saturated heterocycles. The van der Waals surface area contributed by atoms with Crippen LogP contribution in [0.15, 0.2) is 23.5 Å². The highest BCUT2D eigenvalue weighted by molar-refractivity contribution is 5.31. The first-order valence-corrected chi connectivity index (χ1v) is 6.48. The van der Waals surface area contributed by atoms with Crippen molar-refractivity contribution in [1.82, 2.24) is 5.32 Å². The van der Waals surface area contributed by atoms with Crippen molar-refractivity contribution in [3.8, 4) is 0 Å². The summed E-state index contributed by atoms with van der Waals surface area (Å²) in [6.07, 6.45) is 14.5. The van der Waals surface area contributed by atoms with Crippen LogP contribution in [0.25, 0.3) is 0 Å². The minimum atomic E-state index is 1.18. The van der Waals surface area contributed by atoms with Crippen molar-refractivity contribution in [1.29, 1.82) is 0 Å². The summed E-state index contributed by atoms with van der Waals surface area (Å²) in [4.78, 5) is 0. The molecule has 1 heterocycles. The molecule has 0 atom stereocenters. The summed E-state index contributed by atoms with van der Waals surface area (Å²) in [5.74, 6) is 0. The molecule has 1 heteroatoms. The van der Waals surface area contributed by atoms with Gasteiger partial charge in [-0.15, -0.1) is 0 Å². The summed E-state index contributed by atoms with van der Waals surface area (Å²) in [5, 5.41) is 4.47. The Kier molecular flexibility index (Phi) is 6.22. The minimum Gasteiger partial charge on any atom is -0.261 e. The molecule has 0 fully saturated rings. The number of hydrogen-bond acceptors (Lipinski definition) is 0. The van der Waals surface area contributed by atoms with Crippen molar-refractivity contribution < 1.29 is 0 Å². The molecule has 0 bridgehead atoms. The molecule has 0 aliphatic carbocycles. The van der Waals surface area contributed by atoms with Gasteiger partial charge in [0.05, 0.1) is 0 Å². The molecule has 1 rings (SSSR count). The number of hydrogen-bond donors (Lipinski definition) is 0. The van der Waals surface area contributed by atoms with Gasteiger partial charge in [-0.1, -0.05) is 39.5 Å². The van der Waals surface area contributed by atoms with E-state index in [4.69, 9.17) is 0 Å². The van der Waals surface area contributed by atoms with Gasteiger partial charge in [0.25, 0.3) is 0 Å². The van der Waals surface area contributed by atoms with Crippen LogP contribution >= 0.6 is 0 Å². The fraction of sp³-hybridized carbons (Fsp3) is 0.714. The second kappa shape index (κ2) is 7.56. The zero-order valence-corrected chi connectivity index (χ0v) is 10.3. The van der Waals surface area contributed by atoms with E-state index in [1.165, 1.54) is 62.6 Å². The Bertz CT molecular complexity index is 225. The predicted molar refractivity (Wildman–Crippen MR) is 66.6 cm³/mol. The van der Waals surface area contributed by atoms with Gasteiger partial charge >= 0.3 is 0 Å². The quantitative estimate of drug-likeness (QED) is 0.518. The summed E-state index contributed by atoms with van der Waals surface area (Å²) in [7, 11) is 0. The Labute approximate surface area is 94.6 Å². The van der Waals surface area contributed by atoms with Crippen molar-refractivity contribution in [3.05, 3.63) is 23.5 Å². The van der Waals surface area contributed by atoms with Gasteiger partial charge < -0.3 is 0 Å². The zero-order chi connectivity index (χ0) is 10.9. The van der Waals surface area contributed by atoms with E-state index in [1.54, 1.807) is 0 Å². The van der Waals surface area contributed by atoms with E-state index in [-0.39, 0.29) is 0 Å². The molecule has 1 aliphatic rings. The fourth-order valence-electron chi connectivity index (χ4n) is 1.96. The van der Waals surface area contributed by atoms with Gasteiger partial charge in [-0.2, -0.15) is 0 Å². The molecule has 0 aromatic heterocycles. The number of unbranched alkanes of at least 4 members (excludes halogenated alkanes) is 4. The standard InChI is InChI=1S/C14H24N/c1-3-5-7-9-13-11-12-15-14(13)10-8-6-4-2/h11-12H,3-10H2,1-2H3. The van der Waals surface area contributed by atoms with E-state index in [1.807, 2.05) is 6.20 Å². The van der Waals surface area contributed by atoms with E-state index in [9.17, 15) is 0 Å². The van der Waals surface area contributed by atoms with Gasteiger partial charge in [0.2, 0.25) is 0 Å². The van der Waals surface area contributed by atoms with Crippen molar-refractivity contribution in [2.45, 2.75) is 65.2 Å². The smallest absolute Gasteiger partial charge is 0.0436 e. The van der Waals surface area contributed by atoms with Crippen LogP contribution in [-0.2, 0) is 0 Å². The van der Waals surface area contributed by atoms with E-state index in [0.29, 0.717) is 0 Å². The van der Waals surface area contributed by atoms with Gasteiger partial charge in [-0.05, 0) is 37.3 Å². The van der Waals surface area contributed by atoms with Crippen LogP contribution in [0.5, 0.6) is 0 Å². The van der Waals surface area contributed by atoms with Crippen molar-refractivity contribution in [2.24, 2.45) is 0 Å². The Morgan fingerprint density at radius 2 is 1.60 bits per heavy atom. The molecule has 0 unspecified atom stereocenters. The lowest BCUT2D eigenvalue weighted by Gasteiger charge is -2.05. The highest BCUT2D eigenvalue weighted by atomic mass is 14.9. The van der Waals surface area contributed by atoms with E-state index < -0.39 is 0 Å². The lowest BCUT2D eigenvalue weighted by Crippen LogP contribution is -1.95. The number of allylic oxidation sites excluding steroid dienone is 3. The Balaban J connectivity index is 2.28. The second-order valence-electron chi connectivity index (χ2n) is 4.33. The Morgan fingerprint density at radius 3 is 2.27 bits per heavy atom. The molecular formula is C14H24N. The van der Waals surface area contributed by atoms with Gasteiger partial charge in [0.15, 0.2) is 0 Å². The summed E-state index contributed by atoms with van der Waals surface area (Å²) in [6, 6.07) is 0. The van der Waals surface area contributed by atoms with Crippen molar-refractivity contribution in [2.75, 3.05) is 0 Å².